The minimum absolute atomic E-state index is 0.160. The molecular formula is C18H14N2O4. The molecule has 0 saturated heterocycles. The molecule has 3 rings (SSSR count). The Morgan fingerprint density at radius 2 is 2.12 bits per heavy atom. The van der Waals surface area contributed by atoms with E-state index >= 15 is 0 Å². The number of terminal acetylenes is 1. The number of carbonyl (C=O) groups excluding carboxylic acids is 1. The molecule has 120 valence electrons. The molecule has 0 atom stereocenters. The van der Waals surface area contributed by atoms with Gasteiger partial charge in [-0.1, -0.05) is 18.1 Å². The number of hydrogen-bond donors (Lipinski definition) is 1. The molecule has 0 fully saturated rings. The van der Waals surface area contributed by atoms with Crippen LogP contribution in [0.2, 0.25) is 0 Å². The van der Waals surface area contributed by atoms with Crippen LogP contribution in [-0.4, -0.2) is 25.5 Å². The minimum atomic E-state index is -0.355. The molecule has 0 spiro atoms. The molecular weight excluding hydrogens is 308 g/mol. The summed E-state index contributed by atoms with van der Waals surface area (Å²) in [5, 5.41) is 3.95. The largest absolute Gasteiger partial charge is 0.480 e. The lowest BCUT2D eigenvalue weighted by Gasteiger charge is -2.05. The molecule has 0 saturated carbocycles. The van der Waals surface area contributed by atoms with E-state index in [9.17, 15) is 4.79 Å². The Hall–Kier alpha value is -3.46. The number of benzene rings is 2. The van der Waals surface area contributed by atoms with E-state index in [2.05, 4.69) is 16.4 Å². The van der Waals surface area contributed by atoms with Gasteiger partial charge in [-0.05, 0) is 30.3 Å². The summed E-state index contributed by atoms with van der Waals surface area (Å²) in [7, 11) is 0. The number of hydrazone groups is 1. The lowest BCUT2D eigenvalue weighted by Crippen LogP contribution is -2.17. The highest BCUT2D eigenvalue weighted by Gasteiger charge is 2.15. The predicted octanol–water partition coefficient (Wildman–Crippen LogP) is 2.19. The van der Waals surface area contributed by atoms with E-state index in [0.29, 0.717) is 28.4 Å². The first-order valence-corrected chi connectivity index (χ1v) is 7.16. The smallest absolute Gasteiger partial charge is 0.271 e. The van der Waals surface area contributed by atoms with Crippen molar-refractivity contribution >= 4 is 12.1 Å². The quantitative estimate of drug-likeness (QED) is 0.520. The molecule has 0 bridgehead atoms. The summed E-state index contributed by atoms with van der Waals surface area (Å²) in [6.07, 6.45) is 6.68. The van der Waals surface area contributed by atoms with Crippen LogP contribution in [0.15, 0.2) is 47.6 Å². The van der Waals surface area contributed by atoms with Crippen molar-refractivity contribution in [3.8, 4) is 29.6 Å². The first-order chi connectivity index (χ1) is 11.8. The van der Waals surface area contributed by atoms with E-state index in [-0.39, 0.29) is 19.3 Å². The van der Waals surface area contributed by atoms with Crippen LogP contribution in [0.1, 0.15) is 15.9 Å². The summed E-state index contributed by atoms with van der Waals surface area (Å²) in [6, 6.07) is 12.2. The van der Waals surface area contributed by atoms with Crippen LogP contribution in [0.5, 0.6) is 17.2 Å². The summed E-state index contributed by atoms with van der Waals surface area (Å²) in [5.41, 5.74) is 3.59. The van der Waals surface area contributed by atoms with Crippen molar-refractivity contribution in [3.05, 3.63) is 53.6 Å². The van der Waals surface area contributed by atoms with E-state index in [1.54, 1.807) is 24.3 Å². The Labute approximate surface area is 139 Å². The molecule has 0 radical (unpaired) electrons. The number of ether oxygens (including phenoxy) is 3. The summed E-state index contributed by atoms with van der Waals surface area (Å²) in [4.78, 5) is 12.1. The highest BCUT2D eigenvalue weighted by atomic mass is 16.7. The summed E-state index contributed by atoms with van der Waals surface area (Å²) < 4.78 is 15.9. The van der Waals surface area contributed by atoms with Crippen LogP contribution in [0, 0.1) is 12.3 Å². The standard InChI is InChI=1S/C18H14N2O4/c1-2-9-22-15-6-4-3-5-14(15)11-19-20-18(21)13-7-8-16-17(10-13)24-12-23-16/h1,3-8,10-11H,9,12H2,(H,20,21)/b19-11-. The molecule has 1 heterocycles. The van der Waals surface area contributed by atoms with Crippen molar-refractivity contribution in [2.45, 2.75) is 0 Å². The third-order valence-corrected chi connectivity index (χ3v) is 3.23. The zero-order valence-corrected chi connectivity index (χ0v) is 12.7. The highest BCUT2D eigenvalue weighted by Crippen LogP contribution is 2.32. The molecule has 1 N–H and O–H groups in total. The van der Waals surface area contributed by atoms with Gasteiger partial charge in [-0.25, -0.2) is 5.43 Å². The first-order valence-electron chi connectivity index (χ1n) is 7.16. The van der Waals surface area contributed by atoms with Crippen LogP contribution in [0.3, 0.4) is 0 Å². The summed E-state index contributed by atoms with van der Waals surface area (Å²) in [5.74, 6) is 3.80. The lowest BCUT2D eigenvalue weighted by molar-refractivity contribution is 0.0954. The van der Waals surface area contributed by atoms with Gasteiger partial charge in [0.05, 0.1) is 6.21 Å². The zero-order chi connectivity index (χ0) is 16.8. The Morgan fingerprint density at radius 1 is 1.29 bits per heavy atom. The Bertz CT molecular complexity index is 824. The van der Waals surface area contributed by atoms with Gasteiger partial charge in [0.15, 0.2) is 11.5 Å². The molecule has 0 aromatic heterocycles. The molecule has 0 aliphatic carbocycles. The number of nitrogens with one attached hydrogen (secondary N) is 1. The fraction of sp³-hybridized carbons (Fsp3) is 0.111. The van der Waals surface area contributed by atoms with E-state index in [0.717, 1.165) is 0 Å². The maximum atomic E-state index is 12.1. The van der Waals surface area contributed by atoms with Gasteiger partial charge in [-0.15, -0.1) is 6.42 Å². The second-order valence-electron chi connectivity index (χ2n) is 4.80. The average molecular weight is 322 g/mol. The van der Waals surface area contributed by atoms with Gasteiger partial charge in [0, 0.05) is 11.1 Å². The third kappa shape index (κ3) is 3.47. The van der Waals surface area contributed by atoms with Crippen LogP contribution in [0.4, 0.5) is 0 Å². The van der Waals surface area contributed by atoms with Crippen LogP contribution in [0.25, 0.3) is 0 Å². The molecule has 0 unspecified atom stereocenters. The highest BCUT2D eigenvalue weighted by molar-refractivity contribution is 5.95. The summed E-state index contributed by atoms with van der Waals surface area (Å²) >= 11 is 0. The lowest BCUT2D eigenvalue weighted by atomic mass is 10.2. The van der Waals surface area contributed by atoms with Gasteiger partial charge in [-0.2, -0.15) is 5.10 Å². The molecule has 6 heteroatoms. The molecule has 1 aliphatic rings. The van der Waals surface area contributed by atoms with Gasteiger partial charge >= 0.3 is 0 Å². The van der Waals surface area contributed by atoms with Crippen molar-refractivity contribution in [1.29, 1.82) is 0 Å². The van der Waals surface area contributed by atoms with E-state index in [1.807, 2.05) is 18.2 Å². The Kier molecular flexibility index (Phi) is 4.63. The van der Waals surface area contributed by atoms with Gasteiger partial charge in [0.25, 0.3) is 5.91 Å². The number of fused-ring (bicyclic) bond motifs is 1. The first kappa shape index (κ1) is 15.4. The topological polar surface area (TPSA) is 69.2 Å². The van der Waals surface area contributed by atoms with Gasteiger partial charge in [0.2, 0.25) is 6.79 Å². The van der Waals surface area contributed by atoms with Gasteiger partial charge in [-0.3, -0.25) is 4.79 Å². The molecule has 24 heavy (non-hydrogen) atoms. The SMILES string of the molecule is C#CCOc1ccccc1/C=N\NC(=O)c1ccc2c(c1)OCO2. The average Bonchev–Trinajstić information content (AvgIpc) is 3.08. The molecule has 1 aliphatic heterocycles. The Balaban J connectivity index is 1.66. The number of hydrogen-bond acceptors (Lipinski definition) is 5. The fourth-order valence-corrected chi connectivity index (χ4v) is 2.10. The van der Waals surface area contributed by atoms with Gasteiger partial charge in [0.1, 0.15) is 12.4 Å². The van der Waals surface area contributed by atoms with Crippen molar-refractivity contribution in [2.24, 2.45) is 5.10 Å². The van der Waals surface area contributed by atoms with E-state index < -0.39 is 0 Å². The molecule has 2 aromatic carbocycles. The number of para-hydroxylation sites is 1. The second kappa shape index (κ2) is 7.20. The monoisotopic (exact) mass is 322 g/mol. The third-order valence-electron chi connectivity index (χ3n) is 3.23. The Morgan fingerprint density at radius 3 is 3.00 bits per heavy atom. The van der Waals surface area contributed by atoms with E-state index in [4.69, 9.17) is 20.6 Å². The zero-order valence-electron chi connectivity index (χ0n) is 12.7. The van der Waals surface area contributed by atoms with Crippen molar-refractivity contribution in [3.63, 3.8) is 0 Å². The molecule has 1 amide bonds. The van der Waals surface area contributed by atoms with Crippen molar-refractivity contribution in [1.82, 2.24) is 5.43 Å². The van der Waals surface area contributed by atoms with Crippen molar-refractivity contribution < 1.29 is 19.0 Å². The van der Waals surface area contributed by atoms with Crippen LogP contribution >= 0.6 is 0 Å². The summed E-state index contributed by atoms with van der Waals surface area (Å²) in [6.45, 7) is 0.321. The maximum Gasteiger partial charge on any atom is 0.271 e. The number of nitrogens with zero attached hydrogens (tertiary/aromatic N) is 1. The normalized spacial score (nSPS) is 12.0. The molecule has 6 nitrogen and oxygen atoms in total. The van der Waals surface area contributed by atoms with Crippen LogP contribution in [-0.2, 0) is 0 Å². The fourth-order valence-electron chi connectivity index (χ4n) is 2.10. The van der Waals surface area contributed by atoms with Crippen LogP contribution < -0.4 is 19.6 Å². The second-order valence-corrected chi connectivity index (χ2v) is 4.80. The maximum absolute atomic E-state index is 12.1. The van der Waals surface area contributed by atoms with Gasteiger partial charge < -0.3 is 14.2 Å². The van der Waals surface area contributed by atoms with E-state index in [1.165, 1.54) is 6.21 Å². The minimum Gasteiger partial charge on any atom is -0.480 e. The number of rotatable bonds is 5. The molecule has 2 aromatic rings. The van der Waals surface area contributed by atoms with Crippen molar-refractivity contribution in [2.75, 3.05) is 13.4 Å². The predicted molar refractivity (Wildman–Crippen MR) is 88.4 cm³/mol. The number of amides is 1. The number of carbonyl (C=O) groups is 1.